The monoisotopic (exact) mass is 439 g/mol. The Morgan fingerprint density at radius 3 is 2.84 bits per heavy atom. The van der Waals surface area contributed by atoms with Crippen LogP contribution in [0.15, 0.2) is 66.9 Å². The van der Waals surface area contributed by atoms with Crippen LogP contribution in [0.25, 0.3) is 0 Å². The Balaban J connectivity index is 2.11. The van der Waals surface area contributed by atoms with Crippen molar-refractivity contribution in [3.8, 4) is 5.75 Å². The van der Waals surface area contributed by atoms with Crippen molar-refractivity contribution in [2.24, 2.45) is 5.92 Å². The Bertz CT molecular complexity index is 884. The summed E-state index contributed by atoms with van der Waals surface area (Å²) in [5.74, 6) is -1.02. The number of hydrogen-bond donors (Lipinski definition) is 3. The molecule has 0 spiro atoms. The van der Waals surface area contributed by atoms with Crippen LogP contribution in [0, 0.1) is 5.92 Å². The molecule has 32 heavy (non-hydrogen) atoms. The Kier molecular flexibility index (Phi) is 10.5. The van der Waals surface area contributed by atoms with Crippen LogP contribution in [0.3, 0.4) is 0 Å². The van der Waals surface area contributed by atoms with Crippen LogP contribution in [0.4, 0.5) is 0 Å². The second-order valence-electron chi connectivity index (χ2n) is 7.87. The molecular formula is C26H33NO5. The maximum absolute atomic E-state index is 12.9. The molecule has 0 aromatic heterocycles. The van der Waals surface area contributed by atoms with Gasteiger partial charge in [-0.25, -0.2) is 4.79 Å². The number of rotatable bonds is 6. The number of benzene rings is 1. The van der Waals surface area contributed by atoms with E-state index in [1.807, 2.05) is 32.1 Å². The molecular weight excluding hydrogens is 406 g/mol. The molecule has 0 bridgehead atoms. The van der Waals surface area contributed by atoms with Crippen molar-refractivity contribution < 1.29 is 24.5 Å². The Hall–Kier alpha value is -3.12. The minimum atomic E-state index is -0.656. The minimum Gasteiger partial charge on any atom is -0.507 e. The normalized spacial score (nSPS) is 23.5. The zero-order valence-corrected chi connectivity index (χ0v) is 18.7. The third-order valence-corrected chi connectivity index (χ3v) is 5.25. The fraction of sp³-hybridized carbons (Fsp3) is 0.385. The van der Waals surface area contributed by atoms with Gasteiger partial charge in [0.1, 0.15) is 17.4 Å². The van der Waals surface area contributed by atoms with Crippen molar-refractivity contribution in [1.82, 2.24) is 5.32 Å². The van der Waals surface area contributed by atoms with Gasteiger partial charge in [0.25, 0.3) is 0 Å². The number of aromatic hydroxyl groups is 1. The van der Waals surface area contributed by atoms with E-state index in [4.69, 9.17) is 4.74 Å². The molecule has 6 heteroatoms. The number of allylic oxidation sites excluding steroid dienone is 5. The number of ether oxygens (including phenoxy) is 1. The van der Waals surface area contributed by atoms with Crippen molar-refractivity contribution in [3.63, 3.8) is 0 Å². The van der Waals surface area contributed by atoms with E-state index < -0.39 is 18.2 Å². The lowest BCUT2D eigenvalue weighted by atomic mass is 9.93. The number of cyclic esters (lactones) is 1. The molecule has 3 atom stereocenters. The summed E-state index contributed by atoms with van der Waals surface area (Å²) < 4.78 is 5.68. The summed E-state index contributed by atoms with van der Waals surface area (Å²) in [6.07, 6.45) is 15.3. The fourth-order valence-corrected chi connectivity index (χ4v) is 3.34. The molecule has 0 aliphatic carbocycles. The molecule has 0 saturated heterocycles. The number of amides is 1. The zero-order chi connectivity index (χ0) is 23.3. The van der Waals surface area contributed by atoms with Crippen LogP contribution >= 0.6 is 0 Å². The molecule has 1 aliphatic heterocycles. The minimum absolute atomic E-state index is 0.000482. The maximum Gasteiger partial charge on any atom is 0.342 e. The first-order valence-corrected chi connectivity index (χ1v) is 11.1. The average Bonchev–Trinajstić information content (AvgIpc) is 2.76. The highest BCUT2D eigenvalue weighted by molar-refractivity contribution is 5.94. The Morgan fingerprint density at radius 2 is 2.06 bits per heavy atom. The summed E-state index contributed by atoms with van der Waals surface area (Å²) in [4.78, 5) is 24.6. The van der Waals surface area contributed by atoms with Crippen LogP contribution in [-0.2, 0) is 16.0 Å². The number of aliphatic hydroxyl groups is 1. The number of hydrogen-bond acceptors (Lipinski definition) is 5. The van der Waals surface area contributed by atoms with Gasteiger partial charge in [-0.15, -0.1) is 0 Å². The second-order valence-corrected chi connectivity index (χ2v) is 7.87. The first-order chi connectivity index (χ1) is 15.4. The number of carbonyl (C=O) groups is 2. The Labute approximate surface area is 190 Å². The molecule has 6 nitrogen and oxygen atoms in total. The van der Waals surface area contributed by atoms with E-state index in [1.165, 1.54) is 18.3 Å². The van der Waals surface area contributed by atoms with E-state index in [-0.39, 0.29) is 29.6 Å². The van der Waals surface area contributed by atoms with Gasteiger partial charge in [0.15, 0.2) is 0 Å². The van der Waals surface area contributed by atoms with Gasteiger partial charge in [-0.2, -0.15) is 0 Å². The molecule has 1 aromatic carbocycles. The van der Waals surface area contributed by atoms with E-state index in [9.17, 15) is 19.8 Å². The predicted molar refractivity (Wildman–Crippen MR) is 125 cm³/mol. The molecule has 3 N–H and O–H groups in total. The summed E-state index contributed by atoms with van der Waals surface area (Å²) in [6, 6.07) is 4.95. The molecule has 3 unspecified atom stereocenters. The van der Waals surface area contributed by atoms with Gasteiger partial charge < -0.3 is 20.3 Å². The van der Waals surface area contributed by atoms with Gasteiger partial charge >= 0.3 is 5.97 Å². The number of phenolic OH excluding ortho intramolecular Hbond substituents is 1. The van der Waals surface area contributed by atoms with E-state index in [2.05, 4.69) is 5.32 Å². The number of nitrogens with one attached hydrogen (secondary N) is 1. The number of phenols is 1. The summed E-state index contributed by atoms with van der Waals surface area (Å²) in [6.45, 7) is 3.96. The zero-order valence-electron chi connectivity index (χ0n) is 18.7. The van der Waals surface area contributed by atoms with E-state index in [0.717, 1.165) is 6.42 Å². The molecule has 1 amide bonds. The molecule has 0 saturated carbocycles. The first kappa shape index (κ1) is 25.1. The van der Waals surface area contributed by atoms with E-state index in [0.29, 0.717) is 24.8 Å². The number of aliphatic hydroxyl groups excluding tert-OH is 1. The lowest BCUT2D eigenvalue weighted by molar-refractivity contribution is -0.115. The van der Waals surface area contributed by atoms with Gasteiger partial charge in [0.05, 0.1) is 6.10 Å². The van der Waals surface area contributed by atoms with Crippen molar-refractivity contribution in [2.45, 2.75) is 58.2 Å². The molecule has 2 rings (SSSR count). The molecule has 0 radical (unpaired) electrons. The molecule has 0 fully saturated rings. The molecule has 172 valence electrons. The summed E-state index contributed by atoms with van der Waals surface area (Å²) >= 11 is 0. The van der Waals surface area contributed by atoms with Crippen LogP contribution in [0.1, 0.15) is 55.5 Å². The van der Waals surface area contributed by atoms with E-state index in [1.54, 1.807) is 30.4 Å². The molecule has 1 aromatic rings. The quantitative estimate of drug-likeness (QED) is 0.265. The number of carbonyl (C=O) groups excluding carboxylic acids is 2. The van der Waals surface area contributed by atoms with E-state index >= 15 is 0 Å². The summed E-state index contributed by atoms with van der Waals surface area (Å²) in [7, 11) is 0. The number of fused-ring (bicyclic) bond motifs is 1. The SMILES string of the molecule is CC/C=C\C=C/C(=O)N/C=C\CC1CC(O)C(C)C/C=C/Cc2cccc(O)c2C(=O)O1. The van der Waals surface area contributed by atoms with Crippen LogP contribution in [0.2, 0.25) is 0 Å². The van der Waals surface area contributed by atoms with Crippen LogP contribution in [-0.4, -0.2) is 34.3 Å². The van der Waals surface area contributed by atoms with Gasteiger partial charge in [-0.1, -0.05) is 62.4 Å². The first-order valence-electron chi connectivity index (χ1n) is 11.1. The average molecular weight is 440 g/mol. The third-order valence-electron chi connectivity index (χ3n) is 5.25. The maximum atomic E-state index is 12.9. The van der Waals surface area contributed by atoms with Gasteiger partial charge in [0, 0.05) is 25.1 Å². The van der Waals surface area contributed by atoms with Gasteiger partial charge in [-0.3, -0.25) is 4.79 Å². The second kappa shape index (κ2) is 13.3. The number of esters is 1. The van der Waals surface area contributed by atoms with Gasteiger partial charge in [0.2, 0.25) is 5.91 Å². The topological polar surface area (TPSA) is 95.9 Å². The highest BCUT2D eigenvalue weighted by Gasteiger charge is 2.25. The largest absolute Gasteiger partial charge is 0.507 e. The lowest BCUT2D eigenvalue weighted by Crippen LogP contribution is -2.28. The highest BCUT2D eigenvalue weighted by Crippen LogP contribution is 2.26. The predicted octanol–water partition coefficient (Wildman–Crippen LogP) is 4.35. The highest BCUT2D eigenvalue weighted by atomic mass is 16.5. The van der Waals surface area contributed by atoms with Crippen molar-refractivity contribution >= 4 is 11.9 Å². The van der Waals surface area contributed by atoms with Crippen LogP contribution in [0.5, 0.6) is 5.75 Å². The lowest BCUT2D eigenvalue weighted by Gasteiger charge is -2.24. The Morgan fingerprint density at radius 1 is 1.25 bits per heavy atom. The van der Waals surface area contributed by atoms with Crippen molar-refractivity contribution in [2.75, 3.05) is 0 Å². The standard InChI is InChI=1S/C26H33NO5/c1-3-4-5-6-16-24(30)27-17-10-14-21-18-23(29)19(2)11-7-8-12-20-13-9-15-22(28)25(20)26(31)32-21/h4-10,13,15-17,19,21,23,28-29H,3,11-12,14,18H2,1-2H3,(H,27,30)/b5-4-,8-7+,16-6-,17-10-. The summed E-state index contributed by atoms with van der Waals surface area (Å²) in [5.41, 5.74) is 0.832. The third kappa shape index (κ3) is 8.19. The van der Waals surface area contributed by atoms with Crippen LogP contribution < -0.4 is 5.32 Å². The van der Waals surface area contributed by atoms with Crippen molar-refractivity contribution in [1.29, 1.82) is 0 Å². The molecule has 1 heterocycles. The summed E-state index contributed by atoms with van der Waals surface area (Å²) in [5, 5.41) is 23.4. The van der Waals surface area contributed by atoms with Gasteiger partial charge in [-0.05, 0) is 36.8 Å². The smallest absolute Gasteiger partial charge is 0.342 e. The fourth-order valence-electron chi connectivity index (χ4n) is 3.34. The molecule has 1 aliphatic rings. The van der Waals surface area contributed by atoms with Crippen molar-refractivity contribution in [3.05, 3.63) is 78.1 Å².